The molecule has 0 aromatic carbocycles. The molecular formula is C11H21FN2O. The van der Waals surface area contributed by atoms with Crippen LogP contribution in [0.15, 0.2) is 0 Å². The van der Waals surface area contributed by atoms with E-state index in [0.29, 0.717) is 19.4 Å². The lowest BCUT2D eigenvalue weighted by Gasteiger charge is -2.37. The molecule has 2 aliphatic rings. The van der Waals surface area contributed by atoms with E-state index in [9.17, 15) is 4.39 Å². The van der Waals surface area contributed by atoms with Gasteiger partial charge in [-0.3, -0.25) is 4.90 Å². The summed E-state index contributed by atoms with van der Waals surface area (Å²) in [6.07, 6.45) is 2.93. The van der Waals surface area contributed by atoms with Gasteiger partial charge in [0.2, 0.25) is 0 Å². The van der Waals surface area contributed by atoms with Crippen molar-refractivity contribution in [2.75, 3.05) is 32.8 Å². The highest BCUT2D eigenvalue weighted by atomic mass is 19.1. The number of nitrogens with zero attached hydrogens (tertiary/aromatic N) is 1. The first-order valence-corrected chi connectivity index (χ1v) is 5.93. The number of alkyl halides is 1. The molecule has 2 rings (SSSR count). The van der Waals surface area contributed by atoms with E-state index in [1.807, 2.05) is 0 Å². The molecule has 15 heavy (non-hydrogen) atoms. The minimum Gasteiger partial charge on any atom is -0.379 e. The largest absolute Gasteiger partial charge is 0.379 e. The standard InChI is InChI=1S/C11H21FN2O/c12-11(3-1-10(13)2-4-11)9-14-5-7-15-8-6-14/h10H,1-9,13H2. The Morgan fingerprint density at radius 3 is 2.47 bits per heavy atom. The van der Waals surface area contributed by atoms with Gasteiger partial charge in [-0.2, -0.15) is 0 Å². The van der Waals surface area contributed by atoms with Crippen LogP contribution < -0.4 is 5.73 Å². The number of morpholine rings is 1. The predicted molar refractivity (Wildman–Crippen MR) is 57.5 cm³/mol. The van der Waals surface area contributed by atoms with Crippen molar-refractivity contribution in [1.29, 1.82) is 0 Å². The molecule has 4 heteroatoms. The molecule has 3 nitrogen and oxygen atoms in total. The number of hydrogen-bond donors (Lipinski definition) is 1. The van der Waals surface area contributed by atoms with E-state index in [2.05, 4.69) is 4.90 Å². The minimum atomic E-state index is -0.993. The van der Waals surface area contributed by atoms with Crippen LogP contribution in [-0.2, 0) is 4.74 Å². The average Bonchev–Trinajstić information content (AvgIpc) is 2.24. The molecule has 1 aliphatic carbocycles. The first-order valence-electron chi connectivity index (χ1n) is 5.93. The number of rotatable bonds is 2. The van der Waals surface area contributed by atoms with Gasteiger partial charge in [0, 0.05) is 25.7 Å². The maximum absolute atomic E-state index is 14.4. The third-order valence-corrected chi connectivity index (χ3v) is 3.54. The minimum absolute atomic E-state index is 0.221. The highest BCUT2D eigenvalue weighted by molar-refractivity contribution is 4.90. The van der Waals surface area contributed by atoms with Crippen molar-refractivity contribution in [3.05, 3.63) is 0 Å². The highest BCUT2D eigenvalue weighted by Crippen LogP contribution is 2.32. The van der Waals surface area contributed by atoms with Crippen molar-refractivity contribution in [3.63, 3.8) is 0 Å². The summed E-state index contributed by atoms with van der Waals surface area (Å²) in [6.45, 7) is 3.81. The molecule has 1 saturated heterocycles. The van der Waals surface area contributed by atoms with E-state index in [-0.39, 0.29) is 6.04 Å². The van der Waals surface area contributed by atoms with Gasteiger partial charge < -0.3 is 10.5 Å². The second kappa shape index (κ2) is 4.76. The lowest BCUT2D eigenvalue weighted by Crippen LogP contribution is -2.48. The zero-order valence-corrected chi connectivity index (χ0v) is 9.25. The summed E-state index contributed by atoms with van der Waals surface area (Å²) in [7, 11) is 0. The predicted octanol–water partition coefficient (Wildman–Crippen LogP) is 0.928. The van der Waals surface area contributed by atoms with Crippen molar-refractivity contribution in [3.8, 4) is 0 Å². The lowest BCUT2D eigenvalue weighted by molar-refractivity contribution is -0.00777. The maximum Gasteiger partial charge on any atom is 0.123 e. The summed E-state index contributed by atoms with van der Waals surface area (Å²) in [5.74, 6) is 0. The van der Waals surface area contributed by atoms with Gasteiger partial charge >= 0.3 is 0 Å². The molecule has 0 radical (unpaired) electrons. The quantitative estimate of drug-likeness (QED) is 0.746. The molecule has 88 valence electrons. The summed E-state index contributed by atoms with van der Waals surface area (Å²) in [5, 5.41) is 0. The first kappa shape index (κ1) is 11.3. The summed E-state index contributed by atoms with van der Waals surface area (Å²) >= 11 is 0. The summed E-state index contributed by atoms with van der Waals surface area (Å²) in [4.78, 5) is 2.18. The molecule has 0 aromatic heterocycles. The van der Waals surface area contributed by atoms with E-state index >= 15 is 0 Å². The molecule has 2 N–H and O–H groups in total. The van der Waals surface area contributed by atoms with Gasteiger partial charge in [-0.05, 0) is 25.7 Å². The van der Waals surface area contributed by atoms with Crippen LogP contribution in [0.5, 0.6) is 0 Å². The van der Waals surface area contributed by atoms with Crippen LogP contribution in [0.4, 0.5) is 4.39 Å². The highest BCUT2D eigenvalue weighted by Gasteiger charge is 2.36. The Morgan fingerprint density at radius 1 is 1.27 bits per heavy atom. The summed E-state index contributed by atoms with van der Waals surface area (Å²) < 4.78 is 19.6. The van der Waals surface area contributed by atoms with Crippen molar-refractivity contribution in [1.82, 2.24) is 4.90 Å². The molecule has 0 unspecified atom stereocenters. The fourth-order valence-electron chi connectivity index (χ4n) is 2.48. The molecule has 0 bridgehead atoms. The van der Waals surface area contributed by atoms with E-state index < -0.39 is 5.67 Å². The van der Waals surface area contributed by atoms with Gasteiger partial charge in [-0.15, -0.1) is 0 Å². The topological polar surface area (TPSA) is 38.5 Å². The Kier molecular flexibility index (Phi) is 3.59. The second-order valence-electron chi connectivity index (χ2n) is 4.88. The zero-order chi connectivity index (χ0) is 10.7. The number of halogens is 1. The lowest BCUT2D eigenvalue weighted by atomic mass is 9.83. The SMILES string of the molecule is NC1CCC(F)(CN2CCOCC2)CC1. The Balaban J connectivity index is 1.81. The van der Waals surface area contributed by atoms with Crippen LogP contribution in [0.2, 0.25) is 0 Å². The van der Waals surface area contributed by atoms with Crippen molar-refractivity contribution < 1.29 is 9.13 Å². The van der Waals surface area contributed by atoms with Gasteiger partial charge in [-0.25, -0.2) is 4.39 Å². The van der Waals surface area contributed by atoms with E-state index in [1.165, 1.54) is 0 Å². The molecule has 2 fully saturated rings. The Bertz CT molecular complexity index is 199. The Labute approximate surface area is 90.8 Å². The first-order chi connectivity index (χ1) is 7.18. The number of hydrogen-bond acceptors (Lipinski definition) is 3. The maximum atomic E-state index is 14.4. The monoisotopic (exact) mass is 216 g/mol. The van der Waals surface area contributed by atoms with Gasteiger partial charge in [0.25, 0.3) is 0 Å². The van der Waals surface area contributed by atoms with Crippen LogP contribution in [0.25, 0.3) is 0 Å². The summed E-state index contributed by atoms with van der Waals surface area (Å²) in [5.41, 5.74) is 4.80. The van der Waals surface area contributed by atoms with E-state index in [4.69, 9.17) is 10.5 Å². The fraction of sp³-hybridized carbons (Fsp3) is 1.00. The van der Waals surface area contributed by atoms with Crippen molar-refractivity contribution in [2.45, 2.75) is 37.4 Å². The third kappa shape index (κ3) is 3.13. The molecule has 1 heterocycles. The second-order valence-corrected chi connectivity index (χ2v) is 4.88. The Hall–Kier alpha value is -0.190. The smallest absolute Gasteiger partial charge is 0.123 e. The van der Waals surface area contributed by atoms with Crippen LogP contribution in [0.1, 0.15) is 25.7 Å². The molecule has 0 aromatic rings. The Morgan fingerprint density at radius 2 is 1.87 bits per heavy atom. The van der Waals surface area contributed by atoms with Gasteiger partial charge in [-0.1, -0.05) is 0 Å². The summed E-state index contributed by atoms with van der Waals surface area (Å²) in [6, 6.07) is 0.221. The third-order valence-electron chi connectivity index (χ3n) is 3.54. The van der Waals surface area contributed by atoms with Gasteiger partial charge in [0.05, 0.1) is 13.2 Å². The van der Waals surface area contributed by atoms with Crippen LogP contribution >= 0.6 is 0 Å². The van der Waals surface area contributed by atoms with Gasteiger partial charge in [0.1, 0.15) is 5.67 Å². The normalized spacial score (nSPS) is 39.2. The number of ether oxygens (including phenoxy) is 1. The molecule has 0 amide bonds. The molecule has 1 saturated carbocycles. The van der Waals surface area contributed by atoms with Crippen LogP contribution in [0.3, 0.4) is 0 Å². The molecule has 1 aliphatic heterocycles. The van der Waals surface area contributed by atoms with E-state index in [0.717, 1.165) is 39.1 Å². The van der Waals surface area contributed by atoms with Gasteiger partial charge in [0.15, 0.2) is 0 Å². The fourth-order valence-corrected chi connectivity index (χ4v) is 2.48. The molecular weight excluding hydrogens is 195 g/mol. The molecule has 0 spiro atoms. The van der Waals surface area contributed by atoms with Crippen LogP contribution in [0, 0.1) is 0 Å². The van der Waals surface area contributed by atoms with Crippen molar-refractivity contribution >= 4 is 0 Å². The molecule has 0 atom stereocenters. The van der Waals surface area contributed by atoms with E-state index in [1.54, 1.807) is 0 Å². The van der Waals surface area contributed by atoms with Crippen molar-refractivity contribution in [2.24, 2.45) is 5.73 Å². The van der Waals surface area contributed by atoms with Crippen LogP contribution in [-0.4, -0.2) is 49.5 Å². The average molecular weight is 216 g/mol. The zero-order valence-electron chi connectivity index (χ0n) is 9.25. The number of nitrogens with two attached hydrogens (primary N) is 1.